The predicted octanol–water partition coefficient (Wildman–Crippen LogP) is 4.30. The lowest BCUT2D eigenvalue weighted by atomic mass is 10.1. The van der Waals surface area contributed by atoms with Crippen molar-refractivity contribution in [3.8, 4) is 0 Å². The second kappa shape index (κ2) is 9.63. The van der Waals surface area contributed by atoms with Gasteiger partial charge in [-0.1, -0.05) is 17.3 Å². The predicted molar refractivity (Wildman–Crippen MR) is 111 cm³/mol. The molecule has 0 aliphatic carbocycles. The summed E-state index contributed by atoms with van der Waals surface area (Å²) in [6, 6.07) is 8.32. The second-order valence-corrected chi connectivity index (χ2v) is 8.99. The van der Waals surface area contributed by atoms with Gasteiger partial charge >= 0.3 is 6.09 Å². The van der Waals surface area contributed by atoms with Crippen LogP contribution in [0.4, 0.5) is 4.79 Å². The van der Waals surface area contributed by atoms with E-state index in [0.29, 0.717) is 37.8 Å². The highest BCUT2D eigenvalue weighted by Crippen LogP contribution is 2.19. The van der Waals surface area contributed by atoms with Gasteiger partial charge < -0.3 is 18.9 Å². The van der Waals surface area contributed by atoms with E-state index in [-0.39, 0.29) is 12.2 Å². The molecule has 0 spiro atoms. The Labute approximate surface area is 176 Å². The SMILES string of the molecule is CSc1ccc(Cc2nc(COC3CCN(C(=O)OC(C)(C)C)CC3)no2)cc1. The summed E-state index contributed by atoms with van der Waals surface area (Å²) in [5, 5.41) is 4.01. The van der Waals surface area contributed by atoms with E-state index in [1.165, 1.54) is 4.90 Å². The van der Waals surface area contributed by atoms with Crippen molar-refractivity contribution in [3.63, 3.8) is 0 Å². The van der Waals surface area contributed by atoms with Crippen LogP contribution in [-0.4, -0.2) is 52.2 Å². The molecule has 0 atom stereocenters. The molecule has 1 aliphatic rings. The fourth-order valence-electron chi connectivity index (χ4n) is 3.06. The Bertz CT molecular complexity index is 793. The van der Waals surface area contributed by atoms with Crippen LogP contribution in [0.1, 0.15) is 50.9 Å². The molecule has 0 radical (unpaired) electrons. The van der Waals surface area contributed by atoms with E-state index in [0.717, 1.165) is 18.4 Å². The number of nitrogens with zero attached hydrogens (tertiary/aromatic N) is 3. The van der Waals surface area contributed by atoms with Crippen molar-refractivity contribution in [1.29, 1.82) is 0 Å². The highest BCUT2D eigenvalue weighted by molar-refractivity contribution is 7.98. The third-order valence-corrected chi connectivity index (χ3v) is 5.31. The first kappa shape index (κ1) is 21.6. The van der Waals surface area contributed by atoms with Crippen molar-refractivity contribution in [2.24, 2.45) is 0 Å². The maximum Gasteiger partial charge on any atom is 0.410 e. The maximum atomic E-state index is 12.1. The van der Waals surface area contributed by atoms with Gasteiger partial charge in [0.05, 0.1) is 12.5 Å². The summed E-state index contributed by atoms with van der Waals surface area (Å²) in [6.45, 7) is 7.19. The van der Waals surface area contributed by atoms with E-state index in [2.05, 4.69) is 40.7 Å². The van der Waals surface area contributed by atoms with E-state index >= 15 is 0 Å². The van der Waals surface area contributed by atoms with E-state index in [1.54, 1.807) is 16.7 Å². The molecule has 158 valence electrons. The van der Waals surface area contributed by atoms with Crippen LogP contribution in [0, 0.1) is 0 Å². The second-order valence-electron chi connectivity index (χ2n) is 8.11. The lowest BCUT2D eigenvalue weighted by Gasteiger charge is -2.33. The van der Waals surface area contributed by atoms with Gasteiger partial charge in [-0.15, -0.1) is 11.8 Å². The average molecular weight is 420 g/mol. The molecule has 1 fully saturated rings. The zero-order valence-corrected chi connectivity index (χ0v) is 18.3. The topological polar surface area (TPSA) is 77.7 Å². The molecule has 8 heteroatoms. The molecule has 1 aliphatic heterocycles. The molecule has 3 rings (SSSR count). The van der Waals surface area contributed by atoms with E-state index in [9.17, 15) is 4.79 Å². The van der Waals surface area contributed by atoms with Crippen LogP contribution in [0.5, 0.6) is 0 Å². The first-order chi connectivity index (χ1) is 13.8. The molecule has 7 nitrogen and oxygen atoms in total. The smallest absolute Gasteiger partial charge is 0.410 e. The van der Waals surface area contributed by atoms with Gasteiger partial charge in [-0.25, -0.2) is 4.79 Å². The number of hydrogen-bond acceptors (Lipinski definition) is 7. The van der Waals surface area contributed by atoms with Gasteiger partial charge in [-0.3, -0.25) is 0 Å². The number of likely N-dealkylation sites (tertiary alicyclic amines) is 1. The summed E-state index contributed by atoms with van der Waals surface area (Å²) in [5.74, 6) is 1.13. The van der Waals surface area contributed by atoms with Gasteiger partial charge in [0.15, 0.2) is 5.82 Å². The number of ether oxygens (including phenoxy) is 2. The number of carbonyl (C=O) groups is 1. The first-order valence-electron chi connectivity index (χ1n) is 9.86. The molecule has 2 aromatic rings. The van der Waals surface area contributed by atoms with Crippen LogP contribution >= 0.6 is 11.8 Å². The van der Waals surface area contributed by atoms with E-state index < -0.39 is 5.60 Å². The molecule has 0 bridgehead atoms. The van der Waals surface area contributed by atoms with E-state index in [1.807, 2.05) is 20.8 Å². The highest BCUT2D eigenvalue weighted by atomic mass is 32.2. The number of carbonyl (C=O) groups excluding carboxylic acids is 1. The molecular formula is C21H29N3O4S. The summed E-state index contributed by atoms with van der Waals surface area (Å²) in [7, 11) is 0. The highest BCUT2D eigenvalue weighted by Gasteiger charge is 2.27. The van der Waals surface area contributed by atoms with Crippen molar-refractivity contribution >= 4 is 17.9 Å². The fourth-order valence-corrected chi connectivity index (χ4v) is 3.47. The van der Waals surface area contributed by atoms with Gasteiger partial charge in [0.2, 0.25) is 5.89 Å². The van der Waals surface area contributed by atoms with Gasteiger partial charge in [0, 0.05) is 18.0 Å². The molecule has 1 aromatic heterocycles. The average Bonchev–Trinajstić information content (AvgIpc) is 3.13. The molecule has 29 heavy (non-hydrogen) atoms. The van der Waals surface area contributed by atoms with Crippen LogP contribution in [0.2, 0.25) is 0 Å². The van der Waals surface area contributed by atoms with Crippen molar-refractivity contribution in [1.82, 2.24) is 15.0 Å². The summed E-state index contributed by atoms with van der Waals surface area (Å²) in [6.07, 6.45) is 4.02. The number of amides is 1. The minimum absolute atomic E-state index is 0.0784. The van der Waals surface area contributed by atoms with Crippen LogP contribution in [-0.2, 0) is 22.5 Å². The standard InChI is InChI=1S/C21H29N3O4S/c1-21(2,3)27-20(25)24-11-9-16(10-12-24)26-14-18-22-19(28-23-18)13-15-5-7-17(29-4)8-6-15/h5-8,16H,9-14H2,1-4H3. The Morgan fingerprint density at radius 3 is 2.55 bits per heavy atom. The summed E-state index contributed by atoms with van der Waals surface area (Å²) < 4.78 is 16.7. The third kappa shape index (κ3) is 6.75. The molecular weight excluding hydrogens is 390 g/mol. The molecule has 0 N–H and O–H groups in total. The first-order valence-corrected chi connectivity index (χ1v) is 11.1. The van der Waals surface area contributed by atoms with Gasteiger partial charge in [-0.2, -0.15) is 4.98 Å². The lowest BCUT2D eigenvalue weighted by Crippen LogP contribution is -2.43. The summed E-state index contributed by atoms with van der Waals surface area (Å²) >= 11 is 1.72. The van der Waals surface area contributed by atoms with Crippen molar-refractivity contribution in [2.75, 3.05) is 19.3 Å². The Kier molecular flexibility index (Phi) is 7.18. The van der Waals surface area contributed by atoms with Gasteiger partial charge in [0.25, 0.3) is 0 Å². The quantitative estimate of drug-likeness (QED) is 0.646. The van der Waals surface area contributed by atoms with Crippen LogP contribution in [0.15, 0.2) is 33.7 Å². The Morgan fingerprint density at radius 2 is 1.93 bits per heavy atom. The number of benzene rings is 1. The lowest BCUT2D eigenvalue weighted by molar-refractivity contribution is -0.0190. The maximum absolute atomic E-state index is 12.1. The Morgan fingerprint density at radius 1 is 1.24 bits per heavy atom. The minimum Gasteiger partial charge on any atom is -0.444 e. The fraction of sp³-hybridized carbons (Fsp3) is 0.571. The third-order valence-electron chi connectivity index (χ3n) is 4.57. The zero-order valence-electron chi connectivity index (χ0n) is 17.5. The molecule has 1 aromatic carbocycles. The number of hydrogen-bond donors (Lipinski definition) is 0. The summed E-state index contributed by atoms with van der Waals surface area (Å²) in [5.41, 5.74) is 0.658. The molecule has 0 saturated carbocycles. The number of piperidine rings is 1. The Hall–Kier alpha value is -2.06. The number of thioether (sulfide) groups is 1. The van der Waals surface area contributed by atoms with Crippen LogP contribution < -0.4 is 0 Å². The number of aromatic nitrogens is 2. The van der Waals surface area contributed by atoms with Crippen LogP contribution in [0.3, 0.4) is 0 Å². The Balaban J connectivity index is 1.41. The van der Waals surface area contributed by atoms with Crippen LogP contribution in [0.25, 0.3) is 0 Å². The van der Waals surface area contributed by atoms with Crippen molar-refractivity contribution in [3.05, 3.63) is 41.5 Å². The minimum atomic E-state index is -0.474. The van der Waals surface area contributed by atoms with Crippen molar-refractivity contribution < 1.29 is 18.8 Å². The summed E-state index contributed by atoms with van der Waals surface area (Å²) in [4.78, 5) is 19.5. The van der Waals surface area contributed by atoms with Gasteiger partial charge in [0.1, 0.15) is 12.2 Å². The normalized spacial score (nSPS) is 15.5. The molecule has 0 unspecified atom stereocenters. The monoisotopic (exact) mass is 419 g/mol. The zero-order chi connectivity index (χ0) is 20.9. The van der Waals surface area contributed by atoms with E-state index in [4.69, 9.17) is 14.0 Å². The molecule has 1 saturated heterocycles. The van der Waals surface area contributed by atoms with Gasteiger partial charge in [-0.05, 0) is 57.6 Å². The largest absolute Gasteiger partial charge is 0.444 e. The molecule has 2 heterocycles. The molecule has 1 amide bonds. The number of rotatable bonds is 6. The van der Waals surface area contributed by atoms with Crippen molar-refractivity contribution in [2.45, 2.75) is 63.2 Å².